The van der Waals surface area contributed by atoms with Crippen LogP contribution < -0.4 is 0 Å². The van der Waals surface area contributed by atoms with Crippen LogP contribution in [0.4, 0.5) is 0 Å². The molecule has 2 atom stereocenters. The van der Waals surface area contributed by atoms with Crippen LogP contribution in [0.15, 0.2) is 24.3 Å². The highest BCUT2D eigenvalue weighted by atomic mass is 31.3. The van der Waals surface area contributed by atoms with Gasteiger partial charge in [0.1, 0.15) is 0 Å². The second kappa shape index (κ2) is 6.95. The van der Waals surface area contributed by atoms with Crippen LogP contribution in [0.2, 0.25) is 0 Å². The molecule has 0 radical (unpaired) electrons. The maximum Gasteiger partial charge on any atom is 0.481 e. The maximum atomic E-state index is 11.5. The summed E-state index contributed by atoms with van der Waals surface area (Å²) in [4.78, 5) is 26.3. The Morgan fingerprint density at radius 3 is 2.21 bits per heavy atom. The molecule has 0 spiro atoms. The Morgan fingerprint density at radius 1 is 1.32 bits per heavy atom. The zero-order chi connectivity index (χ0) is 15.3. The van der Waals surface area contributed by atoms with Crippen LogP contribution in [-0.2, 0) is 18.0 Å². The van der Waals surface area contributed by atoms with Crippen molar-refractivity contribution >= 4 is 15.6 Å². The van der Waals surface area contributed by atoms with Crippen LogP contribution in [0.5, 0.6) is 0 Å². The number of phosphoric acid groups is 2. The van der Waals surface area contributed by atoms with Crippen LogP contribution in [0, 0.1) is 0 Å². The largest absolute Gasteiger partial charge is 0.481 e. The van der Waals surface area contributed by atoms with Crippen molar-refractivity contribution in [1.29, 1.82) is 0 Å². The van der Waals surface area contributed by atoms with E-state index in [1.165, 1.54) is 13.0 Å². The van der Waals surface area contributed by atoms with E-state index in [1.807, 2.05) is 19.9 Å². The minimum Gasteiger partial charge on any atom is -0.302 e. The van der Waals surface area contributed by atoms with Crippen molar-refractivity contribution in [2.45, 2.75) is 39.2 Å². The van der Waals surface area contributed by atoms with Gasteiger partial charge < -0.3 is 14.7 Å². The highest BCUT2D eigenvalue weighted by Gasteiger charge is 2.38. The lowest BCUT2D eigenvalue weighted by molar-refractivity contribution is 0.0803. The van der Waals surface area contributed by atoms with E-state index < -0.39 is 21.2 Å². The fraction of sp³-hybridized carbons (Fsp3) is 0.600. The third-order valence-electron chi connectivity index (χ3n) is 2.16. The molecule has 0 heterocycles. The molecule has 1 unspecified atom stereocenters. The maximum absolute atomic E-state index is 11.5. The predicted octanol–water partition coefficient (Wildman–Crippen LogP) is 2.90. The van der Waals surface area contributed by atoms with Gasteiger partial charge in [-0.2, -0.15) is 4.31 Å². The molecule has 112 valence electrons. The van der Waals surface area contributed by atoms with Gasteiger partial charge in [0.15, 0.2) is 0 Å². The lowest BCUT2D eigenvalue weighted by Gasteiger charge is -2.27. The SMILES string of the molecule is C=C[C@@](C)(CCC=C(C)C)OP(=O)(O)OP(=O)(O)O. The van der Waals surface area contributed by atoms with E-state index >= 15 is 0 Å². The van der Waals surface area contributed by atoms with Crippen molar-refractivity contribution < 1.29 is 32.6 Å². The summed E-state index contributed by atoms with van der Waals surface area (Å²) in [7, 11) is -9.98. The fourth-order valence-corrected chi connectivity index (χ4v) is 3.15. The van der Waals surface area contributed by atoms with E-state index in [0.717, 1.165) is 5.57 Å². The number of allylic oxidation sites excluding steroid dienone is 2. The smallest absolute Gasteiger partial charge is 0.302 e. The molecule has 0 saturated heterocycles. The van der Waals surface area contributed by atoms with Crippen LogP contribution in [0.25, 0.3) is 0 Å². The first-order chi connectivity index (χ1) is 8.39. The molecule has 19 heavy (non-hydrogen) atoms. The first kappa shape index (κ1) is 18.7. The predicted molar refractivity (Wildman–Crippen MR) is 71.3 cm³/mol. The molecule has 0 aliphatic rings. The molecular formula is C10H20O7P2. The van der Waals surface area contributed by atoms with Gasteiger partial charge in [0.05, 0.1) is 5.60 Å². The minimum absolute atomic E-state index is 0.316. The van der Waals surface area contributed by atoms with Gasteiger partial charge in [-0.05, 0) is 33.6 Å². The summed E-state index contributed by atoms with van der Waals surface area (Å²) < 4.78 is 30.5. The Kier molecular flexibility index (Phi) is 6.86. The molecule has 0 fully saturated rings. The molecule has 0 aromatic rings. The molecule has 9 heteroatoms. The average Bonchev–Trinajstić information content (AvgIpc) is 2.11. The van der Waals surface area contributed by atoms with Gasteiger partial charge in [0, 0.05) is 0 Å². The number of phosphoric ester groups is 1. The molecule has 0 bridgehead atoms. The normalized spacial score (nSPS) is 18.2. The molecule has 0 aromatic heterocycles. The Bertz CT molecular complexity index is 435. The lowest BCUT2D eigenvalue weighted by atomic mass is 10.00. The van der Waals surface area contributed by atoms with Gasteiger partial charge in [0.25, 0.3) is 0 Å². The Labute approximate surface area is 112 Å². The molecule has 0 aliphatic carbocycles. The highest BCUT2D eigenvalue weighted by molar-refractivity contribution is 7.60. The lowest BCUT2D eigenvalue weighted by Crippen LogP contribution is -2.24. The highest BCUT2D eigenvalue weighted by Crippen LogP contribution is 2.59. The Morgan fingerprint density at radius 2 is 1.84 bits per heavy atom. The van der Waals surface area contributed by atoms with Gasteiger partial charge >= 0.3 is 15.6 Å². The molecular weight excluding hydrogens is 294 g/mol. The fourth-order valence-electron chi connectivity index (χ4n) is 1.25. The summed E-state index contributed by atoms with van der Waals surface area (Å²) in [5, 5.41) is 0. The third kappa shape index (κ3) is 9.30. The van der Waals surface area contributed by atoms with E-state index in [9.17, 15) is 14.0 Å². The van der Waals surface area contributed by atoms with E-state index in [0.29, 0.717) is 12.8 Å². The van der Waals surface area contributed by atoms with Crippen molar-refractivity contribution in [2.24, 2.45) is 0 Å². The summed E-state index contributed by atoms with van der Waals surface area (Å²) in [5.74, 6) is 0. The van der Waals surface area contributed by atoms with E-state index in [4.69, 9.17) is 14.3 Å². The average molecular weight is 314 g/mol. The molecule has 0 aromatic carbocycles. The van der Waals surface area contributed by atoms with Crippen LogP contribution in [0.3, 0.4) is 0 Å². The first-order valence-corrected chi connectivity index (χ1v) is 8.49. The molecule has 0 saturated carbocycles. The molecule has 0 aliphatic heterocycles. The molecule has 0 rings (SSSR count). The van der Waals surface area contributed by atoms with Gasteiger partial charge in [-0.25, -0.2) is 9.13 Å². The summed E-state index contributed by atoms with van der Waals surface area (Å²) in [5.41, 5.74) is -0.157. The monoisotopic (exact) mass is 314 g/mol. The van der Waals surface area contributed by atoms with Crippen molar-refractivity contribution in [2.75, 3.05) is 0 Å². The van der Waals surface area contributed by atoms with Crippen molar-refractivity contribution in [3.8, 4) is 0 Å². The van der Waals surface area contributed by atoms with Crippen molar-refractivity contribution in [1.82, 2.24) is 0 Å². The summed E-state index contributed by atoms with van der Waals surface area (Å²) in [6.07, 6.45) is 4.06. The molecule has 0 amide bonds. The van der Waals surface area contributed by atoms with E-state index in [1.54, 1.807) is 0 Å². The van der Waals surface area contributed by atoms with Crippen LogP contribution in [-0.4, -0.2) is 20.3 Å². The quantitative estimate of drug-likeness (QED) is 0.466. The zero-order valence-corrected chi connectivity index (χ0v) is 12.9. The van der Waals surface area contributed by atoms with E-state index in [-0.39, 0.29) is 0 Å². The zero-order valence-electron chi connectivity index (χ0n) is 11.1. The standard InChI is InChI=1S/C10H20O7P2/c1-5-10(4,8-6-7-9(2)3)16-19(14,15)17-18(11,12)13/h5,7H,1,6,8H2,2-4H3,(H,14,15)(H2,11,12,13)/t10-/m0/s1. The first-order valence-electron chi connectivity index (χ1n) is 5.46. The van der Waals surface area contributed by atoms with Crippen LogP contribution >= 0.6 is 15.6 Å². The third-order valence-corrected chi connectivity index (χ3v) is 4.48. The van der Waals surface area contributed by atoms with Gasteiger partial charge in [-0.3, -0.25) is 4.52 Å². The second-order valence-electron chi connectivity index (χ2n) is 4.47. The van der Waals surface area contributed by atoms with Gasteiger partial charge in [-0.15, -0.1) is 6.58 Å². The Hall–Kier alpha value is -0.260. The Balaban J connectivity index is 4.78. The number of rotatable bonds is 8. The summed E-state index contributed by atoms with van der Waals surface area (Å²) in [6.45, 7) is 8.77. The van der Waals surface area contributed by atoms with Crippen molar-refractivity contribution in [3.63, 3.8) is 0 Å². The number of hydrogen-bond donors (Lipinski definition) is 3. The second-order valence-corrected chi connectivity index (χ2v) is 7.22. The van der Waals surface area contributed by atoms with Gasteiger partial charge in [-0.1, -0.05) is 17.7 Å². The van der Waals surface area contributed by atoms with Crippen molar-refractivity contribution in [3.05, 3.63) is 24.3 Å². The van der Waals surface area contributed by atoms with Crippen LogP contribution in [0.1, 0.15) is 33.6 Å². The topological polar surface area (TPSA) is 113 Å². The van der Waals surface area contributed by atoms with Gasteiger partial charge in [0.2, 0.25) is 0 Å². The summed E-state index contributed by atoms with van der Waals surface area (Å²) in [6, 6.07) is 0. The summed E-state index contributed by atoms with van der Waals surface area (Å²) >= 11 is 0. The molecule has 3 N–H and O–H groups in total. The number of hydrogen-bond acceptors (Lipinski definition) is 4. The minimum atomic E-state index is -5.11. The molecule has 7 nitrogen and oxygen atoms in total. The van der Waals surface area contributed by atoms with E-state index in [2.05, 4.69) is 10.9 Å².